The van der Waals surface area contributed by atoms with E-state index >= 15 is 0 Å². The molecule has 0 saturated heterocycles. The van der Waals surface area contributed by atoms with Crippen LogP contribution < -0.4 is 5.73 Å². The molecule has 0 heterocycles. The Morgan fingerprint density at radius 1 is 1.16 bits per heavy atom. The van der Waals surface area contributed by atoms with E-state index in [1.807, 2.05) is 24.3 Å². The average Bonchev–Trinajstić information content (AvgIpc) is 2.39. The van der Waals surface area contributed by atoms with Gasteiger partial charge in [-0.3, -0.25) is 4.79 Å². The van der Waals surface area contributed by atoms with E-state index in [1.54, 1.807) is 18.2 Å². The molecule has 2 nitrogen and oxygen atoms in total. The van der Waals surface area contributed by atoms with E-state index in [0.29, 0.717) is 21.8 Å². The fourth-order valence-corrected chi connectivity index (χ4v) is 2.26. The Hall–Kier alpha value is -1.80. The summed E-state index contributed by atoms with van der Waals surface area (Å²) in [6.45, 7) is 2.13. The Bertz CT molecular complexity index is 590. The highest BCUT2D eigenvalue weighted by Gasteiger charge is 2.12. The minimum Gasteiger partial charge on any atom is -0.399 e. The van der Waals surface area contributed by atoms with Gasteiger partial charge in [-0.15, -0.1) is 0 Å². The summed E-state index contributed by atoms with van der Waals surface area (Å²) in [7, 11) is 0. The maximum Gasteiger partial charge on any atom is 0.194 e. The fourth-order valence-electron chi connectivity index (χ4n) is 1.98. The third-order valence-electron chi connectivity index (χ3n) is 2.99. The van der Waals surface area contributed by atoms with E-state index in [0.717, 1.165) is 12.8 Å². The lowest BCUT2D eigenvalue weighted by Crippen LogP contribution is -2.03. The molecule has 3 heteroatoms. The zero-order valence-corrected chi connectivity index (χ0v) is 11.6. The third-order valence-corrected chi connectivity index (χ3v) is 3.31. The molecule has 0 spiro atoms. The lowest BCUT2D eigenvalue weighted by atomic mass is 10.0. The average molecular weight is 274 g/mol. The number of benzene rings is 2. The van der Waals surface area contributed by atoms with Gasteiger partial charge >= 0.3 is 0 Å². The number of ketones is 1. The number of nitrogens with two attached hydrogens (primary N) is 1. The highest BCUT2D eigenvalue weighted by Crippen LogP contribution is 2.22. The molecule has 0 aliphatic heterocycles. The molecule has 2 aromatic carbocycles. The second-order valence-electron chi connectivity index (χ2n) is 4.52. The number of carbonyl (C=O) groups is 1. The van der Waals surface area contributed by atoms with Crippen molar-refractivity contribution >= 4 is 23.1 Å². The quantitative estimate of drug-likeness (QED) is 0.673. The second-order valence-corrected chi connectivity index (χ2v) is 4.92. The molecule has 0 unspecified atom stereocenters. The number of rotatable bonds is 4. The SMILES string of the molecule is CCCc1ccc(C(=O)c2ccc(N)cc2Cl)cc1. The molecule has 19 heavy (non-hydrogen) atoms. The van der Waals surface area contributed by atoms with Gasteiger partial charge in [0.05, 0.1) is 5.02 Å². The van der Waals surface area contributed by atoms with Crippen molar-refractivity contribution in [2.45, 2.75) is 19.8 Å². The fraction of sp³-hybridized carbons (Fsp3) is 0.188. The summed E-state index contributed by atoms with van der Waals surface area (Å²) in [4.78, 5) is 12.3. The summed E-state index contributed by atoms with van der Waals surface area (Å²) < 4.78 is 0. The number of carbonyl (C=O) groups excluding carboxylic acids is 1. The first-order valence-electron chi connectivity index (χ1n) is 6.30. The van der Waals surface area contributed by atoms with Gasteiger partial charge in [0.25, 0.3) is 0 Å². The number of anilines is 1. The zero-order chi connectivity index (χ0) is 13.8. The van der Waals surface area contributed by atoms with Gasteiger partial charge < -0.3 is 5.73 Å². The van der Waals surface area contributed by atoms with Crippen LogP contribution >= 0.6 is 11.6 Å². The van der Waals surface area contributed by atoms with Crippen LogP contribution in [0.5, 0.6) is 0 Å². The smallest absolute Gasteiger partial charge is 0.194 e. The van der Waals surface area contributed by atoms with E-state index in [1.165, 1.54) is 5.56 Å². The van der Waals surface area contributed by atoms with Gasteiger partial charge in [0, 0.05) is 16.8 Å². The number of hydrogen-bond donors (Lipinski definition) is 1. The molecule has 0 fully saturated rings. The van der Waals surface area contributed by atoms with Crippen molar-refractivity contribution in [3.63, 3.8) is 0 Å². The van der Waals surface area contributed by atoms with E-state index in [4.69, 9.17) is 17.3 Å². The van der Waals surface area contributed by atoms with Crippen LogP contribution in [0, 0.1) is 0 Å². The first kappa shape index (κ1) is 13.6. The molecule has 0 aliphatic carbocycles. The van der Waals surface area contributed by atoms with Crippen molar-refractivity contribution in [1.29, 1.82) is 0 Å². The van der Waals surface area contributed by atoms with Crippen LogP contribution in [0.2, 0.25) is 5.02 Å². The van der Waals surface area contributed by atoms with Gasteiger partial charge in [-0.05, 0) is 30.2 Å². The Balaban J connectivity index is 2.28. The minimum absolute atomic E-state index is 0.0759. The highest BCUT2D eigenvalue weighted by molar-refractivity contribution is 6.35. The summed E-state index contributed by atoms with van der Waals surface area (Å²) in [5.74, 6) is -0.0759. The normalized spacial score (nSPS) is 10.4. The lowest BCUT2D eigenvalue weighted by molar-refractivity contribution is 0.103. The first-order chi connectivity index (χ1) is 9.11. The summed E-state index contributed by atoms with van der Waals surface area (Å²) in [6, 6.07) is 12.6. The predicted molar refractivity (Wildman–Crippen MR) is 79.7 cm³/mol. The Morgan fingerprint density at radius 3 is 2.42 bits per heavy atom. The number of aryl methyl sites for hydroxylation is 1. The molecule has 0 bridgehead atoms. The maximum atomic E-state index is 12.3. The molecule has 0 aromatic heterocycles. The van der Waals surface area contributed by atoms with Gasteiger partial charge in [0.1, 0.15) is 0 Å². The third kappa shape index (κ3) is 3.15. The molecule has 0 aliphatic rings. The largest absolute Gasteiger partial charge is 0.399 e. The molecule has 2 N–H and O–H groups in total. The number of nitrogen functional groups attached to an aromatic ring is 1. The second kappa shape index (κ2) is 5.89. The van der Waals surface area contributed by atoms with Crippen LogP contribution in [0.15, 0.2) is 42.5 Å². The van der Waals surface area contributed by atoms with Crippen LogP contribution in [0.25, 0.3) is 0 Å². The van der Waals surface area contributed by atoms with Gasteiger partial charge in [-0.25, -0.2) is 0 Å². The molecule has 2 aromatic rings. The van der Waals surface area contributed by atoms with Crippen LogP contribution in [0.4, 0.5) is 5.69 Å². The molecule has 98 valence electrons. The van der Waals surface area contributed by atoms with Crippen LogP contribution in [0.3, 0.4) is 0 Å². The topological polar surface area (TPSA) is 43.1 Å². The van der Waals surface area contributed by atoms with E-state index < -0.39 is 0 Å². The number of hydrogen-bond acceptors (Lipinski definition) is 2. The number of halogens is 1. The first-order valence-corrected chi connectivity index (χ1v) is 6.68. The van der Waals surface area contributed by atoms with Crippen molar-refractivity contribution in [2.75, 3.05) is 5.73 Å². The molecule has 0 saturated carbocycles. The van der Waals surface area contributed by atoms with Crippen molar-refractivity contribution in [3.8, 4) is 0 Å². The predicted octanol–water partition coefficient (Wildman–Crippen LogP) is 4.11. The molecular weight excluding hydrogens is 258 g/mol. The van der Waals surface area contributed by atoms with Gasteiger partial charge in [0.15, 0.2) is 5.78 Å². The lowest BCUT2D eigenvalue weighted by Gasteiger charge is -2.06. The van der Waals surface area contributed by atoms with Gasteiger partial charge in [-0.1, -0.05) is 49.2 Å². The van der Waals surface area contributed by atoms with Crippen LogP contribution in [-0.4, -0.2) is 5.78 Å². The van der Waals surface area contributed by atoms with E-state index in [9.17, 15) is 4.79 Å². The molecule has 2 rings (SSSR count). The van der Waals surface area contributed by atoms with Crippen molar-refractivity contribution in [3.05, 3.63) is 64.2 Å². The monoisotopic (exact) mass is 273 g/mol. The zero-order valence-electron chi connectivity index (χ0n) is 10.8. The van der Waals surface area contributed by atoms with E-state index in [2.05, 4.69) is 6.92 Å². The summed E-state index contributed by atoms with van der Waals surface area (Å²) in [5, 5.41) is 0.391. The standard InChI is InChI=1S/C16H16ClNO/c1-2-3-11-4-6-12(7-5-11)16(19)14-9-8-13(18)10-15(14)17/h4-10H,2-3,18H2,1H3. The summed E-state index contributed by atoms with van der Waals surface area (Å²) >= 11 is 6.05. The summed E-state index contributed by atoms with van der Waals surface area (Å²) in [6.07, 6.45) is 2.12. The van der Waals surface area contributed by atoms with E-state index in [-0.39, 0.29) is 5.78 Å². The molecular formula is C16H16ClNO. The molecule has 0 amide bonds. The molecule has 0 atom stereocenters. The maximum absolute atomic E-state index is 12.3. The molecule has 0 radical (unpaired) electrons. The van der Waals surface area contributed by atoms with Crippen molar-refractivity contribution < 1.29 is 4.79 Å². The Kier molecular flexibility index (Phi) is 4.23. The van der Waals surface area contributed by atoms with Gasteiger partial charge in [0.2, 0.25) is 0 Å². The van der Waals surface area contributed by atoms with Gasteiger partial charge in [-0.2, -0.15) is 0 Å². The van der Waals surface area contributed by atoms with Crippen LogP contribution in [-0.2, 0) is 6.42 Å². The Morgan fingerprint density at radius 2 is 1.84 bits per heavy atom. The van der Waals surface area contributed by atoms with Crippen molar-refractivity contribution in [1.82, 2.24) is 0 Å². The Labute approximate surface area is 118 Å². The minimum atomic E-state index is -0.0759. The highest BCUT2D eigenvalue weighted by atomic mass is 35.5. The van der Waals surface area contributed by atoms with Crippen molar-refractivity contribution in [2.24, 2.45) is 0 Å². The van der Waals surface area contributed by atoms with Crippen LogP contribution in [0.1, 0.15) is 34.8 Å². The summed E-state index contributed by atoms with van der Waals surface area (Å²) in [5.41, 5.74) is 8.55.